The average Bonchev–Trinajstić information content (AvgIpc) is 3.11. The van der Waals surface area contributed by atoms with Crippen molar-refractivity contribution in [3.05, 3.63) is 41.5 Å². The summed E-state index contributed by atoms with van der Waals surface area (Å²) in [6.45, 7) is 1.70. The summed E-state index contributed by atoms with van der Waals surface area (Å²) in [7, 11) is 3.28. The van der Waals surface area contributed by atoms with E-state index in [9.17, 15) is 4.79 Å². The maximum atomic E-state index is 12.3. The van der Waals surface area contributed by atoms with Crippen LogP contribution in [0.25, 0.3) is 0 Å². The number of hydrogen-bond acceptors (Lipinski definition) is 6. The lowest BCUT2D eigenvalue weighted by Crippen LogP contribution is -2.38. The number of benzene rings is 1. The van der Waals surface area contributed by atoms with Crippen LogP contribution in [0.5, 0.6) is 5.75 Å². The Labute approximate surface area is 146 Å². The molecule has 1 aliphatic heterocycles. The Bertz CT molecular complexity index is 716. The Morgan fingerprint density at radius 1 is 1.36 bits per heavy atom. The van der Waals surface area contributed by atoms with Gasteiger partial charge in [-0.05, 0) is 24.1 Å². The summed E-state index contributed by atoms with van der Waals surface area (Å²) in [4.78, 5) is 18.6. The van der Waals surface area contributed by atoms with Crippen LogP contribution in [0.2, 0.25) is 0 Å². The SMILES string of the molecule is COCCc1noc([C@H]2CCC(=O)N(Cc3cccc(OC)c3)C2)n1. The highest BCUT2D eigenvalue weighted by molar-refractivity contribution is 5.77. The van der Waals surface area contributed by atoms with Crippen LogP contribution < -0.4 is 4.74 Å². The molecule has 1 fully saturated rings. The average molecular weight is 345 g/mol. The lowest BCUT2D eigenvalue weighted by molar-refractivity contribution is -0.134. The van der Waals surface area contributed by atoms with Crippen molar-refractivity contribution in [2.75, 3.05) is 27.4 Å². The summed E-state index contributed by atoms with van der Waals surface area (Å²) in [6.07, 6.45) is 1.85. The summed E-state index contributed by atoms with van der Waals surface area (Å²) in [5.41, 5.74) is 1.04. The second-order valence-electron chi connectivity index (χ2n) is 6.15. The van der Waals surface area contributed by atoms with Gasteiger partial charge in [0, 0.05) is 33.0 Å². The monoisotopic (exact) mass is 345 g/mol. The van der Waals surface area contributed by atoms with E-state index in [0.717, 1.165) is 17.7 Å². The normalized spacial score (nSPS) is 17.8. The van der Waals surface area contributed by atoms with Gasteiger partial charge in [0.1, 0.15) is 5.75 Å². The summed E-state index contributed by atoms with van der Waals surface area (Å²) < 4.78 is 15.7. The summed E-state index contributed by atoms with van der Waals surface area (Å²) in [6, 6.07) is 7.77. The highest BCUT2D eigenvalue weighted by atomic mass is 16.5. The molecule has 1 aliphatic rings. The van der Waals surface area contributed by atoms with E-state index in [4.69, 9.17) is 14.0 Å². The van der Waals surface area contributed by atoms with Crippen molar-refractivity contribution in [2.24, 2.45) is 0 Å². The molecule has 7 nitrogen and oxygen atoms in total. The summed E-state index contributed by atoms with van der Waals surface area (Å²) in [5.74, 6) is 2.27. The van der Waals surface area contributed by atoms with Crippen LogP contribution in [0.15, 0.2) is 28.8 Å². The number of nitrogens with zero attached hydrogens (tertiary/aromatic N) is 3. The number of methoxy groups -OCH3 is 2. The van der Waals surface area contributed by atoms with E-state index in [1.807, 2.05) is 29.2 Å². The fourth-order valence-corrected chi connectivity index (χ4v) is 2.99. The van der Waals surface area contributed by atoms with Gasteiger partial charge < -0.3 is 18.9 Å². The molecule has 0 aliphatic carbocycles. The number of carbonyl (C=O) groups is 1. The zero-order valence-corrected chi connectivity index (χ0v) is 14.6. The van der Waals surface area contributed by atoms with E-state index in [-0.39, 0.29) is 11.8 Å². The number of hydrogen-bond donors (Lipinski definition) is 0. The van der Waals surface area contributed by atoms with Gasteiger partial charge in [0.25, 0.3) is 0 Å². The molecule has 7 heteroatoms. The molecule has 1 amide bonds. The third-order valence-corrected chi connectivity index (χ3v) is 4.37. The number of piperidine rings is 1. The van der Waals surface area contributed by atoms with E-state index in [0.29, 0.717) is 44.3 Å². The van der Waals surface area contributed by atoms with Gasteiger partial charge in [-0.25, -0.2) is 0 Å². The number of carbonyl (C=O) groups excluding carboxylic acids is 1. The third-order valence-electron chi connectivity index (χ3n) is 4.37. The standard InChI is InChI=1S/C18H23N3O4/c1-23-9-8-16-19-18(25-20-16)14-6-7-17(22)21(12-14)11-13-4-3-5-15(10-13)24-2/h3-5,10,14H,6-9,11-12H2,1-2H3/t14-/m0/s1. The predicted molar refractivity (Wildman–Crippen MR) is 90.3 cm³/mol. The van der Waals surface area contributed by atoms with E-state index < -0.39 is 0 Å². The fourth-order valence-electron chi connectivity index (χ4n) is 2.99. The Hall–Kier alpha value is -2.41. The Morgan fingerprint density at radius 3 is 3.04 bits per heavy atom. The van der Waals surface area contributed by atoms with Crippen molar-refractivity contribution in [3.8, 4) is 5.75 Å². The topological polar surface area (TPSA) is 77.7 Å². The summed E-state index contributed by atoms with van der Waals surface area (Å²) in [5, 5.41) is 3.99. The second-order valence-corrected chi connectivity index (χ2v) is 6.15. The van der Waals surface area contributed by atoms with Gasteiger partial charge in [-0.3, -0.25) is 4.79 Å². The Kier molecular flexibility index (Phi) is 5.65. The van der Waals surface area contributed by atoms with Crippen LogP contribution in [0.4, 0.5) is 0 Å². The largest absolute Gasteiger partial charge is 0.497 e. The van der Waals surface area contributed by atoms with Gasteiger partial charge in [-0.1, -0.05) is 17.3 Å². The number of rotatable bonds is 7. The first-order chi connectivity index (χ1) is 12.2. The molecule has 0 N–H and O–H groups in total. The Morgan fingerprint density at radius 2 is 2.24 bits per heavy atom. The molecule has 2 aromatic rings. The minimum Gasteiger partial charge on any atom is -0.497 e. The van der Waals surface area contributed by atoms with Crippen LogP contribution in [0.3, 0.4) is 0 Å². The quantitative estimate of drug-likeness (QED) is 0.765. The van der Waals surface area contributed by atoms with Gasteiger partial charge in [-0.15, -0.1) is 0 Å². The van der Waals surface area contributed by atoms with Crippen molar-refractivity contribution in [2.45, 2.75) is 31.7 Å². The molecular weight excluding hydrogens is 322 g/mol. The number of ether oxygens (including phenoxy) is 2. The zero-order chi connectivity index (χ0) is 17.6. The molecule has 0 radical (unpaired) electrons. The molecular formula is C18H23N3O4. The summed E-state index contributed by atoms with van der Waals surface area (Å²) >= 11 is 0. The predicted octanol–water partition coefficient (Wildman–Crippen LogP) is 2.17. The molecule has 134 valence electrons. The van der Waals surface area contributed by atoms with E-state index in [1.54, 1.807) is 14.2 Å². The van der Waals surface area contributed by atoms with E-state index in [2.05, 4.69) is 10.1 Å². The first-order valence-corrected chi connectivity index (χ1v) is 8.41. The number of amides is 1. The molecule has 0 saturated carbocycles. The minimum absolute atomic E-state index is 0.0760. The van der Waals surface area contributed by atoms with Crippen molar-refractivity contribution < 1.29 is 18.8 Å². The molecule has 1 saturated heterocycles. The van der Waals surface area contributed by atoms with E-state index >= 15 is 0 Å². The van der Waals surface area contributed by atoms with Gasteiger partial charge in [0.05, 0.1) is 19.6 Å². The first kappa shape index (κ1) is 17.4. The lowest BCUT2D eigenvalue weighted by Gasteiger charge is -2.31. The van der Waals surface area contributed by atoms with Crippen molar-refractivity contribution in [3.63, 3.8) is 0 Å². The molecule has 2 heterocycles. The molecule has 3 rings (SSSR count). The number of aromatic nitrogens is 2. The zero-order valence-electron chi connectivity index (χ0n) is 14.6. The second kappa shape index (κ2) is 8.11. The minimum atomic E-state index is 0.0760. The lowest BCUT2D eigenvalue weighted by atomic mass is 9.97. The van der Waals surface area contributed by atoms with Crippen LogP contribution >= 0.6 is 0 Å². The van der Waals surface area contributed by atoms with E-state index in [1.165, 1.54) is 0 Å². The molecule has 1 aromatic carbocycles. The van der Waals surface area contributed by atoms with Gasteiger partial charge in [0.2, 0.25) is 11.8 Å². The highest BCUT2D eigenvalue weighted by Gasteiger charge is 2.30. The van der Waals surface area contributed by atoms with Crippen LogP contribution in [-0.4, -0.2) is 48.3 Å². The van der Waals surface area contributed by atoms with Crippen molar-refractivity contribution >= 4 is 5.91 Å². The van der Waals surface area contributed by atoms with Crippen LogP contribution in [-0.2, 0) is 22.5 Å². The van der Waals surface area contributed by atoms with Crippen molar-refractivity contribution in [1.82, 2.24) is 15.0 Å². The Balaban J connectivity index is 1.66. The highest BCUT2D eigenvalue weighted by Crippen LogP contribution is 2.28. The third kappa shape index (κ3) is 4.36. The molecule has 1 atom stereocenters. The van der Waals surface area contributed by atoms with Gasteiger partial charge >= 0.3 is 0 Å². The molecule has 1 aromatic heterocycles. The van der Waals surface area contributed by atoms with Gasteiger partial charge in [-0.2, -0.15) is 4.98 Å². The number of likely N-dealkylation sites (tertiary alicyclic amines) is 1. The molecule has 25 heavy (non-hydrogen) atoms. The molecule has 0 unspecified atom stereocenters. The first-order valence-electron chi connectivity index (χ1n) is 8.41. The van der Waals surface area contributed by atoms with Crippen LogP contribution in [0, 0.1) is 0 Å². The smallest absolute Gasteiger partial charge is 0.231 e. The maximum Gasteiger partial charge on any atom is 0.231 e. The maximum absolute atomic E-state index is 12.3. The van der Waals surface area contributed by atoms with Crippen LogP contribution in [0.1, 0.15) is 36.0 Å². The van der Waals surface area contributed by atoms with Gasteiger partial charge in [0.15, 0.2) is 5.82 Å². The molecule has 0 bridgehead atoms. The van der Waals surface area contributed by atoms with Crippen molar-refractivity contribution in [1.29, 1.82) is 0 Å². The fraction of sp³-hybridized carbons (Fsp3) is 0.500. The molecule has 0 spiro atoms.